The number of fused-ring (bicyclic) bond motifs is 8. The molecule has 20 rings (SSSR count). The van der Waals surface area contributed by atoms with Crippen molar-refractivity contribution in [1.29, 1.82) is 0 Å². The number of carbonyl (C=O) groups is 1. The molecule has 0 saturated carbocycles. The first-order valence-corrected chi connectivity index (χ1v) is 42.9. The Morgan fingerprint density at radius 2 is 0.744 bits per heavy atom. The molecule has 11 aromatic heterocycles. The van der Waals surface area contributed by atoms with E-state index in [9.17, 15) is 4.79 Å². The number of pyridine rings is 4. The Kier molecular flexibility index (Phi) is 26.5. The van der Waals surface area contributed by atoms with Gasteiger partial charge in [-0.1, -0.05) is 110 Å². The summed E-state index contributed by atoms with van der Waals surface area (Å²) in [4.78, 5) is 37.8. The standard InChI is InChI=1S/C27H27N5O.C26H27N5O2.C26H25N5O2.C24H22N4O2/c1-19(28-14-15-31(2)3)21-9-7-20(8-10-21)17-26-29-27-6-4-5-24(32(27)30-26)22-11-12-25-23(18-22)13-16-33-25;1-18(27-13-14-30(2)3)20-9-7-19(8-10-20)15-25-28-26-6-4-5-22(31(26)29-25)21-11-12-23-24(16-21)33-17-32-23;1-30(2)13-12-27-26(32)21-6-3-5-18(15-21)16-24-28-25-8-4-7-22(31(25)29-24)19-9-10-23-20(17-19)11-14-33-23;1-25-11-13-29-20-5-2-4-17(14-20)15-23-26-24-7-3-6-21(28(24)27-23)18-8-9-22-19(16-18)10-12-30-22/h4-13,16,18,28H,1,14-15,17H2,2-3H3;4-12,16,27H,1,13-15,17H2,2-3H3;3-11,14-15,17H,12-13,16H2,1-2H3,(H,27,32);2-10,12,14,16,25H,11,13,15H2,1H3. The number of nitrogens with zero attached hydrogens (tertiary/aromatic N) is 15. The second-order valence-corrected chi connectivity index (χ2v) is 32.3. The van der Waals surface area contributed by atoms with Gasteiger partial charge in [0.25, 0.3) is 5.91 Å². The molecule has 1 aliphatic rings. The van der Waals surface area contributed by atoms with Crippen molar-refractivity contribution in [3.05, 3.63) is 355 Å². The van der Waals surface area contributed by atoms with Crippen molar-refractivity contribution >= 4 is 72.8 Å². The zero-order chi connectivity index (χ0) is 88.7. The maximum Gasteiger partial charge on any atom is 0.251 e. The van der Waals surface area contributed by atoms with Crippen LogP contribution in [0.3, 0.4) is 0 Å². The summed E-state index contributed by atoms with van der Waals surface area (Å²) < 4.78 is 40.7. The van der Waals surface area contributed by atoms with Crippen LogP contribution in [0.1, 0.15) is 67.0 Å². The van der Waals surface area contributed by atoms with Crippen LogP contribution in [0.15, 0.2) is 306 Å². The summed E-state index contributed by atoms with van der Waals surface area (Å²) in [7, 11) is 14.1. The Labute approximate surface area is 746 Å². The molecular formula is C103H101N19O7. The van der Waals surface area contributed by atoms with Crippen LogP contribution in [-0.4, -0.2) is 188 Å². The molecule has 0 radical (unpaired) electrons. The highest BCUT2D eigenvalue weighted by molar-refractivity contribution is 5.94. The molecular weight excluding hydrogens is 1620 g/mol. The number of hydrogen-bond acceptors (Lipinski definition) is 21. The third-order valence-electron chi connectivity index (χ3n) is 21.9. The number of amides is 1. The van der Waals surface area contributed by atoms with Gasteiger partial charge < -0.3 is 63.4 Å². The summed E-state index contributed by atoms with van der Waals surface area (Å²) in [6, 6.07) is 86.9. The van der Waals surface area contributed by atoms with E-state index in [1.165, 1.54) is 0 Å². The highest BCUT2D eigenvalue weighted by Crippen LogP contribution is 2.37. The zero-order valence-electron chi connectivity index (χ0n) is 73.2. The fourth-order valence-electron chi connectivity index (χ4n) is 15.2. The molecule has 1 amide bonds. The molecule has 19 aromatic rings. The van der Waals surface area contributed by atoms with Gasteiger partial charge in [0, 0.05) is 127 Å². The SMILES string of the molecule is C=C(NCCN(C)C)c1ccc(Cc2nc3cccc(-c4ccc5c(c4)OCO5)n3n2)cc1.C=C(NCCN(C)C)c1ccc(Cc2nc3cccc(-c4ccc5occc5c4)n3n2)cc1.CN(C)CCNC(=O)c1cccc(Cc2nc3cccc(-c4ccc5occc5c4)n3n2)c1.CNCCOc1cccc(Cc2nc3cccc(-c4ccc5occc5c4)n3n2)c1. The minimum atomic E-state index is -0.0708. The molecule has 0 unspecified atom stereocenters. The van der Waals surface area contributed by atoms with Crippen LogP contribution >= 0.6 is 0 Å². The minimum Gasteiger partial charge on any atom is -0.492 e. The fraction of sp³-hybridized carbons (Fsp3) is 0.194. The van der Waals surface area contributed by atoms with Gasteiger partial charge in [0.05, 0.1) is 41.6 Å². The van der Waals surface area contributed by atoms with Crippen molar-refractivity contribution in [1.82, 2.24) is 94.4 Å². The van der Waals surface area contributed by atoms with Crippen LogP contribution < -0.4 is 35.5 Å². The van der Waals surface area contributed by atoms with Gasteiger partial charge in [0.1, 0.15) is 29.1 Å². The summed E-state index contributed by atoms with van der Waals surface area (Å²) >= 11 is 0. The minimum absolute atomic E-state index is 0.0708. The van der Waals surface area contributed by atoms with Gasteiger partial charge in [0.15, 0.2) is 57.4 Å². The van der Waals surface area contributed by atoms with Crippen molar-refractivity contribution in [2.45, 2.75) is 25.7 Å². The highest BCUT2D eigenvalue weighted by Gasteiger charge is 2.20. The van der Waals surface area contributed by atoms with E-state index >= 15 is 0 Å². The van der Waals surface area contributed by atoms with Crippen molar-refractivity contribution < 1.29 is 32.3 Å². The van der Waals surface area contributed by atoms with E-state index in [1.54, 1.807) is 18.8 Å². The predicted octanol–water partition coefficient (Wildman–Crippen LogP) is 17.0. The smallest absolute Gasteiger partial charge is 0.251 e. The number of aromatic nitrogens is 12. The molecule has 26 nitrogen and oxygen atoms in total. The largest absolute Gasteiger partial charge is 0.492 e. The van der Waals surface area contributed by atoms with E-state index in [-0.39, 0.29) is 12.7 Å². The second-order valence-electron chi connectivity index (χ2n) is 32.3. The quantitative estimate of drug-likeness (QED) is 0.0305. The molecule has 8 aromatic carbocycles. The van der Waals surface area contributed by atoms with Gasteiger partial charge in [-0.15, -0.1) is 0 Å². The van der Waals surface area contributed by atoms with E-state index in [1.807, 2.05) is 208 Å². The average Bonchev–Trinajstić information content (AvgIpc) is 1.65. The molecule has 0 bridgehead atoms. The van der Waals surface area contributed by atoms with E-state index in [2.05, 4.69) is 169 Å². The van der Waals surface area contributed by atoms with Crippen molar-refractivity contribution in [2.24, 2.45) is 0 Å². The topological polar surface area (TPSA) is 263 Å². The maximum absolute atomic E-state index is 12.5. The van der Waals surface area contributed by atoms with Gasteiger partial charge in [-0.2, -0.15) is 20.4 Å². The number of nitrogens with one attached hydrogen (secondary N) is 4. The van der Waals surface area contributed by atoms with Crippen LogP contribution in [0.25, 0.3) is 112 Å². The molecule has 0 spiro atoms. The van der Waals surface area contributed by atoms with Crippen LogP contribution in [0, 0.1) is 0 Å². The van der Waals surface area contributed by atoms with Crippen LogP contribution in [0.5, 0.6) is 17.2 Å². The Balaban J connectivity index is 0.000000121. The van der Waals surface area contributed by atoms with E-state index in [0.717, 1.165) is 219 Å². The van der Waals surface area contributed by atoms with E-state index in [0.29, 0.717) is 50.2 Å². The maximum atomic E-state index is 12.5. The molecule has 0 fully saturated rings. The third kappa shape index (κ3) is 21.1. The number of furan rings is 3. The molecule has 0 saturated heterocycles. The third-order valence-corrected chi connectivity index (χ3v) is 21.9. The van der Waals surface area contributed by atoms with Gasteiger partial charge in [-0.3, -0.25) is 4.79 Å². The highest BCUT2D eigenvalue weighted by atomic mass is 16.7. The summed E-state index contributed by atoms with van der Waals surface area (Å²) in [5.74, 6) is 5.36. The Morgan fingerprint density at radius 3 is 1.16 bits per heavy atom. The molecule has 12 heterocycles. The predicted molar refractivity (Wildman–Crippen MR) is 508 cm³/mol. The molecule has 0 atom stereocenters. The van der Waals surface area contributed by atoms with Crippen molar-refractivity contribution in [3.63, 3.8) is 0 Å². The van der Waals surface area contributed by atoms with Crippen LogP contribution in [0.4, 0.5) is 0 Å². The first-order chi connectivity index (χ1) is 63.0. The van der Waals surface area contributed by atoms with Crippen LogP contribution in [-0.2, 0) is 25.7 Å². The van der Waals surface area contributed by atoms with Gasteiger partial charge in [-0.25, -0.2) is 38.0 Å². The number of rotatable bonds is 30. The molecule has 650 valence electrons. The Hall–Kier alpha value is -15.4. The van der Waals surface area contributed by atoms with E-state index < -0.39 is 0 Å². The number of ether oxygens (including phenoxy) is 3. The molecule has 26 heteroatoms. The lowest BCUT2D eigenvalue weighted by molar-refractivity contribution is 0.0950. The lowest BCUT2D eigenvalue weighted by Gasteiger charge is -2.13. The molecule has 0 aliphatic carbocycles. The number of hydrogen-bond donors (Lipinski definition) is 4. The molecule has 129 heavy (non-hydrogen) atoms. The van der Waals surface area contributed by atoms with Crippen molar-refractivity contribution in [2.75, 3.05) is 109 Å². The summed E-state index contributed by atoms with van der Waals surface area (Å²) in [5.41, 5.74) is 23.1. The van der Waals surface area contributed by atoms with Crippen LogP contribution in [0.2, 0.25) is 0 Å². The monoisotopic (exact) mass is 1720 g/mol. The number of likely N-dealkylation sites (N-methyl/N-ethyl adjacent to an activating group) is 4. The second kappa shape index (κ2) is 39.9. The average molecular weight is 1720 g/mol. The number of carbonyl (C=O) groups excluding carboxylic acids is 1. The Bertz CT molecular complexity index is 7130. The fourth-order valence-corrected chi connectivity index (χ4v) is 15.2. The summed E-state index contributed by atoms with van der Waals surface area (Å²) in [6.07, 6.45) is 7.62. The first-order valence-electron chi connectivity index (χ1n) is 42.9. The summed E-state index contributed by atoms with van der Waals surface area (Å²) in [5, 5.41) is 35.1. The van der Waals surface area contributed by atoms with E-state index in [4.69, 9.17) is 67.8 Å². The lowest BCUT2D eigenvalue weighted by Crippen LogP contribution is -2.31. The summed E-state index contributed by atoms with van der Waals surface area (Å²) in [6.45, 7) is 15.1. The lowest BCUT2D eigenvalue weighted by atomic mass is 10.1. The van der Waals surface area contributed by atoms with Gasteiger partial charge in [0.2, 0.25) is 6.79 Å². The number of benzene rings is 8. The zero-order valence-corrected chi connectivity index (χ0v) is 73.2. The molecule has 1 aliphatic heterocycles. The van der Waals surface area contributed by atoms with Gasteiger partial charge >= 0.3 is 0 Å². The first kappa shape index (κ1) is 85.8. The van der Waals surface area contributed by atoms with Gasteiger partial charge in [-0.05, 0) is 247 Å². The normalized spacial score (nSPS) is 11.7. The molecule has 4 N–H and O–H groups in total. The van der Waals surface area contributed by atoms with Crippen molar-refractivity contribution in [3.8, 4) is 62.3 Å². The Morgan fingerprint density at radius 1 is 0.372 bits per heavy atom.